The summed E-state index contributed by atoms with van der Waals surface area (Å²) >= 11 is 0. The van der Waals surface area contributed by atoms with Gasteiger partial charge in [0, 0.05) is 6.07 Å². The normalized spacial score (nSPS) is 12.6. The van der Waals surface area contributed by atoms with E-state index in [4.69, 9.17) is 15.3 Å². The van der Waals surface area contributed by atoms with Crippen molar-refractivity contribution in [2.45, 2.75) is 17.9 Å². The zero-order valence-corrected chi connectivity index (χ0v) is 12.2. The molecule has 0 saturated carbocycles. The topological polar surface area (TPSA) is 120 Å². The Balaban J connectivity index is 3.07. The molecular formula is C11H17N3O5S. The number of ether oxygens (including phenoxy) is 2. The third kappa shape index (κ3) is 3.59. The highest BCUT2D eigenvalue weighted by molar-refractivity contribution is 7.89. The Bertz CT molecular complexity index is 588. The van der Waals surface area contributed by atoms with Crippen LogP contribution in [0.3, 0.4) is 0 Å². The first-order valence-corrected chi connectivity index (χ1v) is 7.09. The molecule has 0 aliphatic carbocycles. The number of nitrogens with one attached hydrogen (secondary N) is 2. The Morgan fingerprint density at radius 1 is 1.25 bits per heavy atom. The summed E-state index contributed by atoms with van der Waals surface area (Å²) in [5, 5.41) is 0. The average Bonchev–Trinajstić information content (AvgIpc) is 2.44. The van der Waals surface area contributed by atoms with Crippen molar-refractivity contribution in [1.82, 2.24) is 10.1 Å². The van der Waals surface area contributed by atoms with Crippen LogP contribution in [0.4, 0.5) is 0 Å². The molecule has 0 fully saturated rings. The van der Waals surface area contributed by atoms with Crippen LogP contribution in [0.5, 0.6) is 11.5 Å². The van der Waals surface area contributed by atoms with Gasteiger partial charge in [0.15, 0.2) is 11.5 Å². The summed E-state index contributed by atoms with van der Waals surface area (Å²) in [5.41, 5.74) is 1.87. The molecule has 0 saturated heterocycles. The van der Waals surface area contributed by atoms with E-state index in [-0.39, 0.29) is 10.6 Å². The van der Waals surface area contributed by atoms with Crippen LogP contribution in [-0.4, -0.2) is 34.6 Å². The van der Waals surface area contributed by atoms with Crippen molar-refractivity contribution in [1.29, 1.82) is 0 Å². The molecule has 1 aromatic rings. The molecule has 0 unspecified atom stereocenters. The molecule has 1 atom stereocenters. The number of hydrogen-bond donors (Lipinski definition) is 3. The van der Waals surface area contributed by atoms with Gasteiger partial charge in [-0.1, -0.05) is 0 Å². The van der Waals surface area contributed by atoms with E-state index in [1.807, 2.05) is 5.43 Å². The Kier molecular flexibility index (Phi) is 5.31. The third-order valence-electron chi connectivity index (χ3n) is 2.53. The number of hydrazine groups is 1. The first kappa shape index (κ1) is 16.2. The quantitative estimate of drug-likeness (QED) is 0.365. The second-order valence-corrected chi connectivity index (χ2v) is 5.58. The van der Waals surface area contributed by atoms with Crippen LogP contribution >= 0.6 is 0 Å². The summed E-state index contributed by atoms with van der Waals surface area (Å²) in [6.45, 7) is 1.38. The SMILES string of the molecule is COc1ccc(S(=O)(=O)N[C@H](C)C(=O)NN)cc1OC. The fourth-order valence-electron chi connectivity index (χ4n) is 1.46. The van der Waals surface area contributed by atoms with E-state index in [0.29, 0.717) is 5.75 Å². The van der Waals surface area contributed by atoms with E-state index in [2.05, 4.69) is 4.72 Å². The number of carbonyl (C=O) groups excluding carboxylic acids is 1. The van der Waals surface area contributed by atoms with Gasteiger partial charge in [0.05, 0.1) is 25.2 Å². The van der Waals surface area contributed by atoms with Crippen LogP contribution in [0.1, 0.15) is 6.92 Å². The number of hydrogen-bond acceptors (Lipinski definition) is 6. The maximum absolute atomic E-state index is 12.1. The van der Waals surface area contributed by atoms with E-state index in [1.54, 1.807) is 0 Å². The van der Waals surface area contributed by atoms with Gasteiger partial charge >= 0.3 is 0 Å². The first-order chi connectivity index (χ1) is 9.35. The number of sulfonamides is 1. The van der Waals surface area contributed by atoms with Crippen molar-refractivity contribution in [3.8, 4) is 11.5 Å². The molecule has 1 aromatic carbocycles. The summed E-state index contributed by atoms with van der Waals surface area (Å²) in [4.78, 5) is 11.2. The molecule has 0 spiro atoms. The minimum Gasteiger partial charge on any atom is -0.493 e. The molecule has 1 amide bonds. The van der Waals surface area contributed by atoms with Crippen LogP contribution in [0.15, 0.2) is 23.1 Å². The van der Waals surface area contributed by atoms with Gasteiger partial charge in [-0.15, -0.1) is 0 Å². The van der Waals surface area contributed by atoms with Gasteiger partial charge in [-0.05, 0) is 19.1 Å². The van der Waals surface area contributed by atoms with Crippen molar-refractivity contribution >= 4 is 15.9 Å². The molecule has 0 heterocycles. The maximum atomic E-state index is 12.1. The smallest absolute Gasteiger partial charge is 0.251 e. The molecule has 0 radical (unpaired) electrons. The van der Waals surface area contributed by atoms with Gasteiger partial charge in [-0.3, -0.25) is 10.2 Å². The van der Waals surface area contributed by atoms with Crippen LogP contribution in [0.25, 0.3) is 0 Å². The van der Waals surface area contributed by atoms with Crippen LogP contribution in [0.2, 0.25) is 0 Å². The van der Waals surface area contributed by atoms with Crippen molar-refractivity contribution in [3.05, 3.63) is 18.2 Å². The highest BCUT2D eigenvalue weighted by atomic mass is 32.2. The lowest BCUT2D eigenvalue weighted by Crippen LogP contribution is -2.47. The Labute approximate surface area is 117 Å². The molecule has 1 rings (SSSR count). The van der Waals surface area contributed by atoms with Crippen molar-refractivity contribution in [2.75, 3.05) is 14.2 Å². The van der Waals surface area contributed by atoms with Gasteiger partial charge in [0.1, 0.15) is 0 Å². The molecular weight excluding hydrogens is 286 g/mol. The minimum absolute atomic E-state index is 0.0492. The number of carbonyl (C=O) groups is 1. The molecule has 9 heteroatoms. The van der Waals surface area contributed by atoms with Gasteiger partial charge in [0.2, 0.25) is 10.0 Å². The summed E-state index contributed by atoms with van der Waals surface area (Å²) in [5.74, 6) is 4.97. The molecule has 0 bridgehead atoms. The van der Waals surface area contributed by atoms with Crippen molar-refractivity contribution in [2.24, 2.45) is 5.84 Å². The summed E-state index contributed by atoms with van der Waals surface area (Å²) < 4.78 is 36.4. The van der Waals surface area contributed by atoms with Crippen molar-refractivity contribution < 1.29 is 22.7 Å². The Morgan fingerprint density at radius 2 is 1.85 bits per heavy atom. The second-order valence-electron chi connectivity index (χ2n) is 3.87. The monoisotopic (exact) mass is 303 g/mol. The van der Waals surface area contributed by atoms with E-state index >= 15 is 0 Å². The Hall–Kier alpha value is -1.84. The van der Waals surface area contributed by atoms with Gasteiger partial charge in [0.25, 0.3) is 5.91 Å². The van der Waals surface area contributed by atoms with Crippen molar-refractivity contribution in [3.63, 3.8) is 0 Å². The molecule has 4 N–H and O–H groups in total. The number of rotatable bonds is 6. The molecule has 20 heavy (non-hydrogen) atoms. The number of benzene rings is 1. The van der Waals surface area contributed by atoms with Crippen LogP contribution in [0, 0.1) is 0 Å². The zero-order chi connectivity index (χ0) is 15.3. The standard InChI is InChI=1S/C11H17N3O5S/c1-7(11(15)13-12)14-20(16,17)8-4-5-9(18-2)10(6-8)19-3/h4-7,14H,12H2,1-3H3,(H,13,15)/t7-/m1/s1. The first-order valence-electron chi connectivity index (χ1n) is 5.60. The van der Waals surface area contributed by atoms with Crippen LogP contribution in [-0.2, 0) is 14.8 Å². The fraction of sp³-hybridized carbons (Fsp3) is 0.364. The van der Waals surface area contributed by atoms with E-state index < -0.39 is 22.0 Å². The fourth-order valence-corrected chi connectivity index (χ4v) is 2.68. The average molecular weight is 303 g/mol. The van der Waals surface area contributed by atoms with E-state index in [9.17, 15) is 13.2 Å². The lowest BCUT2D eigenvalue weighted by atomic mass is 10.3. The highest BCUT2D eigenvalue weighted by Gasteiger charge is 2.22. The molecule has 0 aliphatic rings. The van der Waals surface area contributed by atoms with Gasteiger partial charge in [-0.25, -0.2) is 14.3 Å². The van der Waals surface area contributed by atoms with Gasteiger partial charge in [-0.2, -0.15) is 4.72 Å². The highest BCUT2D eigenvalue weighted by Crippen LogP contribution is 2.29. The van der Waals surface area contributed by atoms with Crippen LogP contribution < -0.4 is 25.5 Å². The zero-order valence-electron chi connectivity index (χ0n) is 11.3. The maximum Gasteiger partial charge on any atom is 0.251 e. The summed E-state index contributed by atoms with van der Waals surface area (Å²) in [6, 6.07) is 3.10. The number of nitrogens with two attached hydrogens (primary N) is 1. The minimum atomic E-state index is -3.87. The predicted molar refractivity (Wildman–Crippen MR) is 71.7 cm³/mol. The number of amides is 1. The van der Waals surface area contributed by atoms with Gasteiger partial charge < -0.3 is 9.47 Å². The summed E-state index contributed by atoms with van der Waals surface area (Å²) in [7, 11) is -1.04. The number of methoxy groups -OCH3 is 2. The third-order valence-corrected chi connectivity index (χ3v) is 4.07. The molecule has 0 aromatic heterocycles. The van der Waals surface area contributed by atoms with E-state index in [0.717, 1.165) is 0 Å². The lowest BCUT2D eigenvalue weighted by molar-refractivity contribution is -0.122. The van der Waals surface area contributed by atoms with E-state index in [1.165, 1.54) is 39.3 Å². The lowest BCUT2D eigenvalue weighted by Gasteiger charge is -2.14. The predicted octanol–water partition coefficient (Wildman–Crippen LogP) is -0.639. The Morgan fingerprint density at radius 3 is 2.35 bits per heavy atom. The second kappa shape index (κ2) is 6.55. The molecule has 8 nitrogen and oxygen atoms in total. The molecule has 0 aliphatic heterocycles. The summed E-state index contributed by atoms with van der Waals surface area (Å²) in [6.07, 6.45) is 0. The molecule has 112 valence electrons. The largest absolute Gasteiger partial charge is 0.493 e.